The lowest BCUT2D eigenvalue weighted by Gasteiger charge is -2.13. The van der Waals surface area contributed by atoms with Gasteiger partial charge in [0.25, 0.3) is 0 Å². The summed E-state index contributed by atoms with van der Waals surface area (Å²) in [5.74, 6) is -1.12. The molecule has 0 aliphatic carbocycles. The van der Waals surface area contributed by atoms with E-state index in [1.807, 2.05) is 6.07 Å². The first kappa shape index (κ1) is 17.5. The lowest BCUT2D eigenvalue weighted by Crippen LogP contribution is -2.06. The number of rotatable bonds is 5. The molecular formula is C19H14F2N2O3. The van der Waals surface area contributed by atoms with E-state index in [4.69, 9.17) is 5.11 Å². The van der Waals surface area contributed by atoms with Gasteiger partial charge in [0.1, 0.15) is 5.75 Å². The second-order valence-electron chi connectivity index (χ2n) is 5.45. The fourth-order valence-corrected chi connectivity index (χ4v) is 2.56. The van der Waals surface area contributed by atoms with Gasteiger partial charge in [0, 0.05) is 11.1 Å². The van der Waals surface area contributed by atoms with Crippen LogP contribution in [0.3, 0.4) is 0 Å². The fourth-order valence-electron chi connectivity index (χ4n) is 2.56. The molecular weight excluding hydrogens is 342 g/mol. The zero-order valence-electron chi connectivity index (χ0n) is 13.7. The van der Waals surface area contributed by atoms with Crippen molar-refractivity contribution in [1.29, 1.82) is 0 Å². The van der Waals surface area contributed by atoms with Crippen LogP contribution in [0.15, 0.2) is 54.7 Å². The molecule has 0 radical (unpaired) electrons. The Bertz CT molecular complexity index is 947. The maximum atomic E-state index is 12.7. The topological polar surface area (TPSA) is 72.3 Å². The van der Waals surface area contributed by atoms with Gasteiger partial charge in [-0.1, -0.05) is 30.3 Å². The zero-order chi connectivity index (χ0) is 18.7. The summed E-state index contributed by atoms with van der Waals surface area (Å²) in [6, 6.07) is 13.6. The van der Waals surface area contributed by atoms with Gasteiger partial charge in [-0.25, -0.2) is 14.8 Å². The second kappa shape index (κ2) is 7.26. The Morgan fingerprint density at radius 2 is 1.85 bits per heavy atom. The van der Waals surface area contributed by atoms with E-state index in [-0.39, 0.29) is 17.1 Å². The minimum atomic E-state index is -2.94. The van der Waals surface area contributed by atoms with Crippen LogP contribution in [0.4, 0.5) is 8.78 Å². The van der Waals surface area contributed by atoms with Crippen LogP contribution in [0.1, 0.15) is 16.2 Å². The molecule has 0 saturated carbocycles. The predicted octanol–water partition coefficient (Wildman–Crippen LogP) is 4.42. The first-order valence-corrected chi connectivity index (χ1v) is 7.67. The summed E-state index contributed by atoms with van der Waals surface area (Å²) in [6.45, 7) is -1.40. The number of aromatic nitrogens is 2. The van der Waals surface area contributed by atoms with Crippen LogP contribution in [-0.4, -0.2) is 27.7 Å². The lowest BCUT2D eigenvalue weighted by atomic mass is 10.0. The normalized spacial score (nSPS) is 10.8. The Kier molecular flexibility index (Phi) is 4.88. The van der Waals surface area contributed by atoms with E-state index in [1.165, 1.54) is 12.3 Å². The van der Waals surface area contributed by atoms with Crippen molar-refractivity contribution < 1.29 is 23.4 Å². The van der Waals surface area contributed by atoms with E-state index in [0.717, 1.165) is 0 Å². The number of benzene rings is 2. The third-order valence-corrected chi connectivity index (χ3v) is 3.73. The summed E-state index contributed by atoms with van der Waals surface area (Å²) in [4.78, 5) is 19.2. The Hall–Kier alpha value is -3.35. The summed E-state index contributed by atoms with van der Waals surface area (Å²) >= 11 is 0. The number of alkyl halides is 2. The van der Waals surface area contributed by atoms with E-state index in [0.29, 0.717) is 22.4 Å². The van der Waals surface area contributed by atoms with Crippen LogP contribution < -0.4 is 4.74 Å². The molecule has 0 atom stereocenters. The van der Waals surface area contributed by atoms with Crippen molar-refractivity contribution in [3.63, 3.8) is 0 Å². The van der Waals surface area contributed by atoms with Gasteiger partial charge in [-0.15, -0.1) is 0 Å². The molecule has 132 valence electrons. The molecule has 1 N–H and O–H groups in total. The molecule has 0 bridgehead atoms. The lowest BCUT2D eigenvalue weighted by molar-refractivity contribution is -0.0494. The van der Waals surface area contributed by atoms with Gasteiger partial charge in [-0.05, 0) is 30.7 Å². The van der Waals surface area contributed by atoms with E-state index >= 15 is 0 Å². The summed E-state index contributed by atoms with van der Waals surface area (Å²) in [5.41, 5.74) is 2.37. The number of halogens is 2. The van der Waals surface area contributed by atoms with Gasteiger partial charge in [-0.3, -0.25) is 0 Å². The molecule has 3 rings (SSSR count). The molecule has 0 fully saturated rings. The van der Waals surface area contributed by atoms with Gasteiger partial charge in [0.2, 0.25) is 0 Å². The highest BCUT2D eigenvalue weighted by molar-refractivity contribution is 5.86. The first-order valence-electron chi connectivity index (χ1n) is 7.67. The molecule has 0 amide bonds. The molecule has 26 heavy (non-hydrogen) atoms. The number of carboxylic acid groups (broad SMARTS) is 1. The molecule has 0 aliphatic heterocycles. The van der Waals surface area contributed by atoms with E-state index in [1.54, 1.807) is 43.3 Å². The van der Waals surface area contributed by atoms with Crippen LogP contribution in [-0.2, 0) is 0 Å². The van der Waals surface area contributed by atoms with Gasteiger partial charge < -0.3 is 9.84 Å². The van der Waals surface area contributed by atoms with E-state index in [2.05, 4.69) is 14.7 Å². The van der Waals surface area contributed by atoms with E-state index in [9.17, 15) is 13.6 Å². The van der Waals surface area contributed by atoms with Gasteiger partial charge in [-0.2, -0.15) is 8.78 Å². The highest BCUT2D eigenvalue weighted by atomic mass is 19.3. The molecule has 1 aromatic heterocycles. The number of aryl methyl sites for hydroxylation is 1. The molecule has 0 spiro atoms. The number of carbonyl (C=O) groups is 1. The predicted molar refractivity (Wildman–Crippen MR) is 91.2 cm³/mol. The minimum Gasteiger partial charge on any atom is -0.476 e. The number of nitrogens with zero attached hydrogens (tertiary/aromatic N) is 2. The highest BCUT2D eigenvalue weighted by Gasteiger charge is 2.15. The van der Waals surface area contributed by atoms with Crippen molar-refractivity contribution in [3.05, 3.63) is 66.1 Å². The van der Waals surface area contributed by atoms with Crippen LogP contribution >= 0.6 is 0 Å². The largest absolute Gasteiger partial charge is 0.476 e. The van der Waals surface area contributed by atoms with Crippen LogP contribution in [0.5, 0.6) is 5.75 Å². The van der Waals surface area contributed by atoms with Crippen molar-refractivity contribution in [2.45, 2.75) is 13.5 Å². The summed E-state index contributed by atoms with van der Waals surface area (Å²) in [6.07, 6.45) is 1.34. The van der Waals surface area contributed by atoms with Crippen LogP contribution in [0.25, 0.3) is 22.4 Å². The van der Waals surface area contributed by atoms with Gasteiger partial charge in [0.15, 0.2) is 5.69 Å². The summed E-state index contributed by atoms with van der Waals surface area (Å²) < 4.78 is 30.0. The third-order valence-electron chi connectivity index (χ3n) is 3.73. The fraction of sp³-hybridized carbons (Fsp3) is 0.105. The molecule has 3 aromatic rings. The average molecular weight is 356 g/mol. The van der Waals surface area contributed by atoms with Crippen molar-refractivity contribution in [3.8, 4) is 28.1 Å². The van der Waals surface area contributed by atoms with Crippen molar-refractivity contribution in [1.82, 2.24) is 9.97 Å². The van der Waals surface area contributed by atoms with E-state index < -0.39 is 12.6 Å². The molecule has 0 unspecified atom stereocenters. The van der Waals surface area contributed by atoms with Crippen LogP contribution in [0.2, 0.25) is 0 Å². The highest BCUT2D eigenvalue weighted by Crippen LogP contribution is 2.34. The Morgan fingerprint density at radius 3 is 2.46 bits per heavy atom. The summed E-state index contributed by atoms with van der Waals surface area (Å²) in [7, 11) is 0. The SMILES string of the molecule is Cc1nc(-c2ccc(OC(F)F)c(-c3ccccc3)c2)cnc1C(=O)O. The zero-order valence-corrected chi connectivity index (χ0v) is 13.7. The molecule has 0 saturated heterocycles. The van der Waals surface area contributed by atoms with Crippen LogP contribution in [0, 0.1) is 6.92 Å². The Balaban J connectivity index is 2.09. The van der Waals surface area contributed by atoms with Crippen molar-refractivity contribution in [2.24, 2.45) is 0 Å². The monoisotopic (exact) mass is 356 g/mol. The quantitative estimate of drug-likeness (QED) is 0.733. The Morgan fingerprint density at radius 1 is 1.12 bits per heavy atom. The smallest absolute Gasteiger partial charge is 0.387 e. The Labute approximate surface area is 147 Å². The second-order valence-corrected chi connectivity index (χ2v) is 5.45. The minimum absolute atomic E-state index is 0.0433. The van der Waals surface area contributed by atoms with Crippen molar-refractivity contribution >= 4 is 5.97 Å². The number of aromatic carboxylic acids is 1. The van der Waals surface area contributed by atoms with Gasteiger partial charge >= 0.3 is 12.6 Å². The first-order chi connectivity index (χ1) is 12.5. The van der Waals surface area contributed by atoms with Gasteiger partial charge in [0.05, 0.1) is 17.6 Å². The molecule has 7 heteroatoms. The maximum absolute atomic E-state index is 12.7. The molecule has 0 aliphatic rings. The number of hydrogen-bond acceptors (Lipinski definition) is 4. The standard InChI is InChI=1S/C19H14F2N2O3/c1-11-17(18(24)25)22-10-15(23-11)13-7-8-16(26-19(20)21)14(9-13)12-5-3-2-4-6-12/h2-10,19H,1H3,(H,24,25). The molecule has 5 nitrogen and oxygen atoms in total. The maximum Gasteiger partial charge on any atom is 0.387 e. The molecule has 2 aromatic carbocycles. The number of hydrogen-bond donors (Lipinski definition) is 1. The third kappa shape index (κ3) is 3.66. The summed E-state index contributed by atoms with van der Waals surface area (Å²) in [5, 5.41) is 9.05. The molecule has 1 heterocycles. The van der Waals surface area contributed by atoms with Crippen molar-refractivity contribution in [2.75, 3.05) is 0 Å². The number of carboxylic acids is 1. The number of ether oxygens (including phenoxy) is 1. The average Bonchev–Trinajstić information content (AvgIpc) is 2.62.